The fourth-order valence-corrected chi connectivity index (χ4v) is 5.67. The van der Waals surface area contributed by atoms with Crippen LogP contribution >= 0.6 is 0 Å². The standard InChI is InChI=1S/C24H28N6O2/c1-4-7-20-24(18-8-5-6-9-19(18)28-22(24)32)12-13-29(20)21(31)11-10-17-15(2)27-23-25-14-26-30(23)16(17)3/h5-6,8-9,14,20H,4,7,10-13H2,1-3H3,(H,28,32)/t20-,24+/m0/s1. The number of para-hydroxylation sites is 1. The highest BCUT2D eigenvalue weighted by Gasteiger charge is 2.58. The summed E-state index contributed by atoms with van der Waals surface area (Å²) >= 11 is 0. The second kappa shape index (κ2) is 7.69. The van der Waals surface area contributed by atoms with Gasteiger partial charge in [0.15, 0.2) is 0 Å². The first-order valence-corrected chi connectivity index (χ1v) is 11.3. The molecule has 0 saturated carbocycles. The Morgan fingerprint density at radius 3 is 2.91 bits per heavy atom. The van der Waals surface area contributed by atoms with Crippen LogP contribution in [0.3, 0.4) is 0 Å². The van der Waals surface area contributed by atoms with E-state index in [9.17, 15) is 9.59 Å². The van der Waals surface area contributed by atoms with E-state index in [2.05, 4.69) is 27.3 Å². The summed E-state index contributed by atoms with van der Waals surface area (Å²) in [5, 5.41) is 7.31. The predicted molar refractivity (Wildman–Crippen MR) is 120 cm³/mol. The number of nitrogens with one attached hydrogen (secondary N) is 1. The van der Waals surface area contributed by atoms with Crippen molar-refractivity contribution < 1.29 is 9.59 Å². The molecule has 5 rings (SSSR count). The van der Waals surface area contributed by atoms with Crippen molar-refractivity contribution in [2.45, 2.75) is 64.3 Å². The van der Waals surface area contributed by atoms with E-state index in [1.807, 2.05) is 43.0 Å². The Morgan fingerprint density at radius 2 is 2.09 bits per heavy atom. The van der Waals surface area contributed by atoms with Gasteiger partial charge in [-0.1, -0.05) is 31.5 Å². The van der Waals surface area contributed by atoms with Crippen LogP contribution in [0.15, 0.2) is 30.6 Å². The number of fused-ring (bicyclic) bond motifs is 3. The maximum Gasteiger partial charge on any atom is 0.252 e. The molecule has 2 aromatic heterocycles. The van der Waals surface area contributed by atoms with E-state index in [0.29, 0.717) is 31.6 Å². The molecule has 1 N–H and O–H groups in total. The molecule has 2 aliphatic heterocycles. The number of aryl methyl sites for hydroxylation is 2. The lowest BCUT2D eigenvalue weighted by atomic mass is 9.73. The number of carbonyl (C=O) groups excluding carboxylic acids is 2. The number of anilines is 1. The minimum Gasteiger partial charge on any atom is -0.338 e. The van der Waals surface area contributed by atoms with Crippen molar-refractivity contribution >= 4 is 23.3 Å². The summed E-state index contributed by atoms with van der Waals surface area (Å²) in [5.74, 6) is 0.695. The number of rotatable bonds is 5. The molecular formula is C24H28N6O2. The van der Waals surface area contributed by atoms with Gasteiger partial charge in [-0.2, -0.15) is 10.1 Å². The van der Waals surface area contributed by atoms with E-state index in [1.165, 1.54) is 6.33 Å². The van der Waals surface area contributed by atoms with Crippen LogP contribution in [-0.2, 0) is 21.4 Å². The summed E-state index contributed by atoms with van der Waals surface area (Å²) in [4.78, 5) is 37.3. The molecule has 4 heterocycles. The molecule has 1 fully saturated rings. The molecule has 8 heteroatoms. The third-order valence-electron chi connectivity index (χ3n) is 7.21. The molecule has 1 spiro atoms. The Morgan fingerprint density at radius 1 is 1.28 bits per heavy atom. The van der Waals surface area contributed by atoms with Crippen molar-refractivity contribution in [1.29, 1.82) is 0 Å². The first-order chi connectivity index (χ1) is 15.5. The predicted octanol–water partition coefficient (Wildman–Crippen LogP) is 2.96. The van der Waals surface area contributed by atoms with E-state index in [1.54, 1.807) is 4.52 Å². The normalized spacial score (nSPS) is 22.0. The summed E-state index contributed by atoms with van der Waals surface area (Å²) in [6.07, 6.45) is 4.84. The molecule has 2 atom stereocenters. The Bertz CT molecular complexity index is 1220. The molecule has 0 radical (unpaired) electrons. The van der Waals surface area contributed by atoms with Gasteiger partial charge in [0, 0.05) is 30.0 Å². The number of amides is 2. The van der Waals surface area contributed by atoms with E-state index in [4.69, 9.17) is 0 Å². The van der Waals surface area contributed by atoms with Crippen molar-refractivity contribution in [3.8, 4) is 0 Å². The molecular weight excluding hydrogens is 404 g/mol. The second-order valence-corrected chi connectivity index (χ2v) is 8.85. The average molecular weight is 433 g/mol. The monoisotopic (exact) mass is 432 g/mol. The molecule has 2 amide bonds. The van der Waals surface area contributed by atoms with Crippen LogP contribution in [-0.4, -0.2) is 48.9 Å². The van der Waals surface area contributed by atoms with Gasteiger partial charge in [-0.25, -0.2) is 9.50 Å². The SMILES string of the molecule is CCC[C@@H]1N(C(=O)CCc2c(C)nc3ncnn3c2C)CC[C@]12C(=O)Nc1ccccc12. The van der Waals surface area contributed by atoms with Crippen LogP contribution in [0.1, 0.15) is 55.1 Å². The number of benzene rings is 1. The van der Waals surface area contributed by atoms with Gasteiger partial charge in [-0.15, -0.1) is 0 Å². The Hall–Kier alpha value is -3.29. The van der Waals surface area contributed by atoms with Crippen LogP contribution in [0.4, 0.5) is 5.69 Å². The van der Waals surface area contributed by atoms with E-state index >= 15 is 0 Å². The Balaban J connectivity index is 1.41. The molecule has 0 aliphatic carbocycles. The van der Waals surface area contributed by atoms with Crippen LogP contribution < -0.4 is 5.32 Å². The molecule has 0 bridgehead atoms. The number of nitrogens with zero attached hydrogens (tertiary/aromatic N) is 5. The summed E-state index contributed by atoms with van der Waals surface area (Å²) in [7, 11) is 0. The maximum atomic E-state index is 13.4. The molecule has 0 unspecified atom stereocenters. The van der Waals surface area contributed by atoms with Gasteiger partial charge in [0.1, 0.15) is 6.33 Å². The molecule has 1 saturated heterocycles. The lowest BCUT2D eigenvalue weighted by molar-refractivity contribution is -0.133. The Labute approximate surface area is 187 Å². The fraction of sp³-hybridized carbons (Fsp3) is 0.458. The smallest absolute Gasteiger partial charge is 0.252 e. The quantitative estimate of drug-likeness (QED) is 0.669. The third kappa shape index (κ3) is 2.92. The highest BCUT2D eigenvalue weighted by atomic mass is 16.2. The summed E-state index contributed by atoms with van der Waals surface area (Å²) in [6, 6.07) is 7.79. The van der Waals surface area contributed by atoms with Crippen LogP contribution in [0.5, 0.6) is 0 Å². The van der Waals surface area contributed by atoms with Gasteiger partial charge in [-0.3, -0.25) is 9.59 Å². The lowest BCUT2D eigenvalue weighted by Crippen LogP contribution is -2.48. The summed E-state index contributed by atoms with van der Waals surface area (Å²) in [6.45, 7) is 6.65. The van der Waals surface area contributed by atoms with Gasteiger partial charge in [0.05, 0.1) is 11.5 Å². The zero-order chi connectivity index (χ0) is 22.5. The number of aromatic nitrogens is 4. The fourth-order valence-electron chi connectivity index (χ4n) is 5.67. The minimum atomic E-state index is -0.644. The van der Waals surface area contributed by atoms with Crippen molar-refractivity contribution in [1.82, 2.24) is 24.5 Å². The Kier molecular flexibility index (Phi) is 4.95. The molecule has 166 valence electrons. The number of likely N-dealkylation sites (tertiary alicyclic amines) is 1. The first-order valence-electron chi connectivity index (χ1n) is 11.3. The zero-order valence-electron chi connectivity index (χ0n) is 18.8. The van der Waals surface area contributed by atoms with Gasteiger partial charge in [0.25, 0.3) is 5.78 Å². The van der Waals surface area contributed by atoms with Crippen molar-refractivity contribution in [3.05, 3.63) is 53.1 Å². The first kappa shape index (κ1) is 20.6. The summed E-state index contributed by atoms with van der Waals surface area (Å²) < 4.78 is 1.72. The van der Waals surface area contributed by atoms with E-state index in [0.717, 1.165) is 41.0 Å². The van der Waals surface area contributed by atoms with E-state index < -0.39 is 5.41 Å². The van der Waals surface area contributed by atoms with Gasteiger partial charge < -0.3 is 10.2 Å². The highest BCUT2D eigenvalue weighted by Crippen LogP contribution is 2.49. The zero-order valence-corrected chi connectivity index (χ0v) is 18.8. The molecule has 32 heavy (non-hydrogen) atoms. The second-order valence-electron chi connectivity index (χ2n) is 8.85. The highest BCUT2D eigenvalue weighted by molar-refractivity contribution is 6.07. The average Bonchev–Trinajstić information content (AvgIpc) is 3.46. The lowest BCUT2D eigenvalue weighted by Gasteiger charge is -2.34. The molecule has 3 aromatic rings. The molecule has 2 aliphatic rings. The summed E-state index contributed by atoms with van der Waals surface area (Å²) in [5.41, 5.74) is 4.14. The van der Waals surface area contributed by atoms with Crippen molar-refractivity contribution in [2.75, 3.05) is 11.9 Å². The number of hydrogen-bond donors (Lipinski definition) is 1. The van der Waals surface area contributed by atoms with Crippen LogP contribution in [0.25, 0.3) is 5.78 Å². The number of carbonyl (C=O) groups is 2. The van der Waals surface area contributed by atoms with Crippen LogP contribution in [0, 0.1) is 13.8 Å². The third-order valence-corrected chi connectivity index (χ3v) is 7.21. The van der Waals surface area contributed by atoms with Crippen molar-refractivity contribution in [2.24, 2.45) is 0 Å². The van der Waals surface area contributed by atoms with Gasteiger partial charge in [0.2, 0.25) is 11.8 Å². The van der Waals surface area contributed by atoms with Crippen molar-refractivity contribution in [3.63, 3.8) is 0 Å². The molecule has 8 nitrogen and oxygen atoms in total. The van der Waals surface area contributed by atoms with E-state index in [-0.39, 0.29) is 17.9 Å². The minimum absolute atomic E-state index is 0.0278. The molecule has 1 aromatic carbocycles. The van der Waals surface area contributed by atoms with Crippen LogP contribution in [0.2, 0.25) is 0 Å². The topological polar surface area (TPSA) is 92.5 Å². The maximum absolute atomic E-state index is 13.4. The van der Waals surface area contributed by atoms with Gasteiger partial charge in [-0.05, 0) is 50.3 Å². The van der Waals surface area contributed by atoms with Gasteiger partial charge >= 0.3 is 0 Å². The largest absolute Gasteiger partial charge is 0.338 e. The number of hydrogen-bond acceptors (Lipinski definition) is 5.